The van der Waals surface area contributed by atoms with Crippen LogP contribution in [-0.4, -0.2) is 25.2 Å². The normalized spacial score (nSPS) is 12.3. The summed E-state index contributed by atoms with van der Waals surface area (Å²) in [5, 5.41) is 3.84. The van der Waals surface area contributed by atoms with Crippen molar-refractivity contribution < 1.29 is 14.3 Å². The van der Waals surface area contributed by atoms with Gasteiger partial charge in [-0.2, -0.15) is 0 Å². The Hall–Kier alpha value is -1.46. The lowest BCUT2D eigenvalue weighted by atomic mass is 10.1. The van der Waals surface area contributed by atoms with E-state index >= 15 is 0 Å². The standard InChI is InChI=1S/C15H23ClN2O3/c1-5-12(15(17)19)21-14-10(8-18-9(2)3)6-11(16)7-13(14)20-4/h6-7,9,12,18H,5,8H2,1-4H3,(H2,17,19). The smallest absolute Gasteiger partial charge is 0.258 e. The van der Waals surface area contributed by atoms with Gasteiger partial charge in [-0.15, -0.1) is 0 Å². The lowest BCUT2D eigenvalue weighted by molar-refractivity contribution is -0.124. The predicted molar refractivity (Wildman–Crippen MR) is 83.9 cm³/mol. The zero-order valence-electron chi connectivity index (χ0n) is 12.9. The Labute approximate surface area is 130 Å². The average molecular weight is 315 g/mol. The number of primary amides is 1. The van der Waals surface area contributed by atoms with Crippen LogP contribution in [0.4, 0.5) is 0 Å². The molecule has 0 spiro atoms. The third-order valence-corrected chi connectivity index (χ3v) is 3.18. The van der Waals surface area contributed by atoms with Crippen molar-refractivity contribution >= 4 is 17.5 Å². The van der Waals surface area contributed by atoms with Gasteiger partial charge in [0, 0.05) is 29.2 Å². The van der Waals surface area contributed by atoms with Crippen LogP contribution in [0.3, 0.4) is 0 Å². The highest BCUT2D eigenvalue weighted by atomic mass is 35.5. The van der Waals surface area contributed by atoms with Gasteiger partial charge in [-0.1, -0.05) is 32.4 Å². The monoisotopic (exact) mass is 314 g/mol. The van der Waals surface area contributed by atoms with E-state index in [0.717, 1.165) is 5.56 Å². The van der Waals surface area contributed by atoms with Crippen LogP contribution < -0.4 is 20.5 Å². The van der Waals surface area contributed by atoms with Crippen molar-refractivity contribution in [3.63, 3.8) is 0 Å². The fourth-order valence-corrected chi connectivity index (χ4v) is 2.07. The fourth-order valence-electron chi connectivity index (χ4n) is 1.84. The summed E-state index contributed by atoms with van der Waals surface area (Å²) in [6.45, 7) is 6.48. The Bertz CT molecular complexity index is 492. The van der Waals surface area contributed by atoms with Gasteiger partial charge in [-0.3, -0.25) is 4.79 Å². The van der Waals surface area contributed by atoms with Crippen LogP contribution in [0.2, 0.25) is 5.02 Å². The number of nitrogens with one attached hydrogen (secondary N) is 1. The first-order chi connectivity index (χ1) is 9.88. The van der Waals surface area contributed by atoms with Gasteiger partial charge in [-0.25, -0.2) is 0 Å². The molecule has 1 atom stereocenters. The molecule has 1 amide bonds. The lowest BCUT2D eigenvalue weighted by Gasteiger charge is -2.20. The number of amides is 1. The van der Waals surface area contributed by atoms with Crippen molar-refractivity contribution in [3.8, 4) is 11.5 Å². The molecular weight excluding hydrogens is 292 g/mol. The Morgan fingerprint density at radius 2 is 2.10 bits per heavy atom. The molecule has 0 saturated heterocycles. The summed E-state index contributed by atoms with van der Waals surface area (Å²) in [6.07, 6.45) is -0.212. The van der Waals surface area contributed by atoms with Gasteiger partial charge < -0.3 is 20.5 Å². The van der Waals surface area contributed by atoms with Crippen LogP contribution in [0, 0.1) is 0 Å². The molecule has 0 bridgehead atoms. The van der Waals surface area contributed by atoms with Crippen LogP contribution in [0.1, 0.15) is 32.8 Å². The quantitative estimate of drug-likeness (QED) is 0.773. The summed E-state index contributed by atoms with van der Waals surface area (Å²) in [7, 11) is 1.53. The number of nitrogens with two attached hydrogens (primary N) is 1. The molecule has 6 heteroatoms. The second kappa shape index (κ2) is 8.10. The van der Waals surface area contributed by atoms with E-state index < -0.39 is 12.0 Å². The molecule has 118 valence electrons. The Morgan fingerprint density at radius 1 is 1.43 bits per heavy atom. The van der Waals surface area contributed by atoms with Gasteiger partial charge in [0.05, 0.1) is 7.11 Å². The van der Waals surface area contributed by atoms with Crippen molar-refractivity contribution in [2.45, 2.75) is 45.9 Å². The molecule has 0 heterocycles. The summed E-state index contributed by atoms with van der Waals surface area (Å²) in [6, 6.07) is 3.76. The minimum absolute atomic E-state index is 0.306. The molecule has 0 aromatic heterocycles. The fraction of sp³-hybridized carbons (Fsp3) is 0.533. The van der Waals surface area contributed by atoms with Crippen molar-refractivity contribution in [3.05, 3.63) is 22.7 Å². The number of ether oxygens (including phenoxy) is 2. The molecule has 1 unspecified atom stereocenters. The molecular formula is C15H23ClN2O3. The Balaban J connectivity index is 3.14. The van der Waals surface area contributed by atoms with Gasteiger partial charge in [0.1, 0.15) is 0 Å². The second-order valence-electron chi connectivity index (χ2n) is 5.05. The number of hydrogen-bond donors (Lipinski definition) is 2. The largest absolute Gasteiger partial charge is 0.493 e. The molecule has 0 fully saturated rings. The van der Waals surface area contributed by atoms with Crippen molar-refractivity contribution in [1.29, 1.82) is 0 Å². The zero-order valence-corrected chi connectivity index (χ0v) is 13.7. The number of carbonyl (C=O) groups excluding carboxylic acids is 1. The Kier molecular flexibility index (Phi) is 6.78. The van der Waals surface area contributed by atoms with E-state index in [9.17, 15) is 4.79 Å². The second-order valence-corrected chi connectivity index (χ2v) is 5.49. The predicted octanol–water partition coefficient (Wildman–Crippen LogP) is 2.49. The molecule has 0 aliphatic rings. The van der Waals surface area contributed by atoms with Crippen LogP contribution in [-0.2, 0) is 11.3 Å². The highest BCUT2D eigenvalue weighted by Gasteiger charge is 2.20. The third-order valence-electron chi connectivity index (χ3n) is 2.97. The third kappa shape index (κ3) is 5.10. The van der Waals surface area contributed by atoms with Gasteiger partial charge in [0.15, 0.2) is 17.6 Å². The van der Waals surface area contributed by atoms with Crippen LogP contribution >= 0.6 is 11.6 Å². The van der Waals surface area contributed by atoms with Gasteiger partial charge in [0.2, 0.25) is 0 Å². The molecule has 5 nitrogen and oxygen atoms in total. The highest BCUT2D eigenvalue weighted by Crippen LogP contribution is 2.35. The Morgan fingerprint density at radius 3 is 2.57 bits per heavy atom. The molecule has 1 aromatic carbocycles. The van der Waals surface area contributed by atoms with E-state index in [1.165, 1.54) is 7.11 Å². The minimum Gasteiger partial charge on any atom is -0.493 e. The number of methoxy groups -OCH3 is 1. The van der Waals surface area contributed by atoms with Gasteiger partial charge >= 0.3 is 0 Å². The summed E-state index contributed by atoms with van der Waals surface area (Å²) in [5.41, 5.74) is 6.17. The van der Waals surface area contributed by atoms with Gasteiger partial charge in [-0.05, 0) is 12.5 Å². The number of hydrogen-bond acceptors (Lipinski definition) is 4. The first kappa shape index (κ1) is 17.6. The first-order valence-electron chi connectivity index (χ1n) is 6.94. The molecule has 0 aliphatic carbocycles. The van der Waals surface area contributed by atoms with Crippen LogP contribution in [0.15, 0.2) is 12.1 Å². The topological polar surface area (TPSA) is 73.6 Å². The average Bonchev–Trinajstić information content (AvgIpc) is 2.42. The molecule has 1 rings (SSSR count). The number of rotatable bonds is 8. The number of halogens is 1. The van der Waals surface area contributed by atoms with Crippen molar-refractivity contribution in [1.82, 2.24) is 5.32 Å². The summed E-state index contributed by atoms with van der Waals surface area (Å²) in [5.74, 6) is 0.487. The zero-order chi connectivity index (χ0) is 16.0. The van der Waals surface area contributed by atoms with Crippen molar-refractivity contribution in [2.24, 2.45) is 5.73 Å². The maximum atomic E-state index is 11.4. The van der Waals surface area contributed by atoms with Gasteiger partial charge in [0.25, 0.3) is 5.91 Å². The van der Waals surface area contributed by atoms with E-state index in [0.29, 0.717) is 35.5 Å². The maximum absolute atomic E-state index is 11.4. The number of benzene rings is 1. The molecule has 0 saturated carbocycles. The lowest BCUT2D eigenvalue weighted by Crippen LogP contribution is -2.33. The molecule has 3 N–H and O–H groups in total. The van der Waals surface area contributed by atoms with Crippen molar-refractivity contribution in [2.75, 3.05) is 7.11 Å². The molecule has 0 radical (unpaired) electrons. The maximum Gasteiger partial charge on any atom is 0.258 e. The van der Waals surface area contributed by atoms with E-state index in [2.05, 4.69) is 5.32 Å². The molecule has 1 aromatic rings. The first-order valence-corrected chi connectivity index (χ1v) is 7.32. The van der Waals surface area contributed by atoms with E-state index in [4.69, 9.17) is 26.8 Å². The summed E-state index contributed by atoms with van der Waals surface area (Å²) in [4.78, 5) is 11.4. The highest BCUT2D eigenvalue weighted by molar-refractivity contribution is 6.30. The summed E-state index contributed by atoms with van der Waals surface area (Å²) >= 11 is 6.09. The van der Waals surface area contributed by atoms with Crippen LogP contribution in [0.5, 0.6) is 11.5 Å². The van der Waals surface area contributed by atoms with E-state index in [1.54, 1.807) is 12.1 Å². The number of carbonyl (C=O) groups is 1. The SMILES string of the molecule is CCC(Oc1c(CNC(C)C)cc(Cl)cc1OC)C(N)=O. The minimum atomic E-state index is -0.696. The van der Waals surface area contributed by atoms with Crippen LogP contribution in [0.25, 0.3) is 0 Å². The van der Waals surface area contributed by atoms with E-state index in [1.807, 2.05) is 20.8 Å². The summed E-state index contributed by atoms with van der Waals surface area (Å²) < 4.78 is 11.1. The molecule has 21 heavy (non-hydrogen) atoms. The van der Waals surface area contributed by atoms with E-state index in [-0.39, 0.29) is 0 Å². The molecule has 0 aliphatic heterocycles.